The Bertz CT molecular complexity index is 333. The van der Waals surface area contributed by atoms with Crippen LogP contribution in [0.1, 0.15) is 6.92 Å². The van der Waals surface area contributed by atoms with Gasteiger partial charge >= 0.3 is 0 Å². The Morgan fingerprint density at radius 2 is 2.38 bits per heavy atom. The van der Waals surface area contributed by atoms with E-state index in [2.05, 4.69) is 10.5 Å². The third-order valence-electron chi connectivity index (χ3n) is 1.42. The molecule has 3 N–H and O–H groups in total. The highest BCUT2D eigenvalue weighted by Gasteiger charge is 1.90. The van der Waals surface area contributed by atoms with Gasteiger partial charge in [-0.05, 0) is 25.1 Å². The minimum Gasteiger partial charge on any atom is -0.399 e. The third-order valence-corrected chi connectivity index (χ3v) is 1.42. The van der Waals surface area contributed by atoms with Gasteiger partial charge in [-0.3, -0.25) is 10.2 Å². The monoisotopic (exact) mass is 177 g/mol. The van der Waals surface area contributed by atoms with Crippen molar-refractivity contribution in [3.63, 3.8) is 0 Å². The molecule has 4 nitrogen and oxygen atoms in total. The summed E-state index contributed by atoms with van der Waals surface area (Å²) in [6.07, 6.45) is 0.680. The number of nitrogens with zero attached hydrogens (tertiary/aromatic N) is 1. The van der Waals surface area contributed by atoms with Gasteiger partial charge < -0.3 is 5.73 Å². The lowest BCUT2D eigenvalue weighted by Crippen LogP contribution is -1.98. The molecule has 13 heavy (non-hydrogen) atoms. The standard InChI is InChI=1S/C9H11N3O/c1-7(6-13)11-12-9-4-2-3-8(10)5-9/h2-6,12H,10H2,1H3/b11-7+. The molecule has 0 spiro atoms. The molecule has 0 heterocycles. The van der Waals surface area contributed by atoms with Crippen molar-refractivity contribution < 1.29 is 4.79 Å². The first-order valence-corrected chi connectivity index (χ1v) is 3.83. The van der Waals surface area contributed by atoms with Crippen LogP contribution < -0.4 is 11.2 Å². The van der Waals surface area contributed by atoms with Gasteiger partial charge in [-0.25, -0.2) is 0 Å². The summed E-state index contributed by atoms with van der Waals surface area (Å²) in [5, 5.41) is 3.80. The van der Waals surface area contributed by atoms with E-state index in [1.54, 1.807) is 19.1 Å². The van der Waals surface area contributed by atoms with Gasteiger partial charge in [-0.2, -0.15) is 5.10 Å². The van der Waals surface area contributed by atoms with Crippen LogP contribution in [0.15, 0.2) is 29.4 Å². The van der Waals surface area contributed by atoms with Crippen molar-refractivity contribution in [1.82, 2.24) is 0 Å². The topological polar surface area (TPSA) is 67.5 Å². The molecular formula is C9H11N3O. The number of aldehydes is 1. The van der Waals surface area contributed by atoms with Gasteiger partial charge in [-0.1, -0.05) is 6.07 Å². The third kappa shape index (κ3) is 2.94. The summed E-state index contributed by atoms with van der Waals surface area (Å²) >= 11 is 0. The Hall–Kier alpha value is -1.84. The zero-order valence-electron chi connectivity index (χ0n) is 7.32. The fourth-order valence-corrected chi connectivity index (χ4v) is 0.787. The predicted octanol–water partition coefficient (Wildman–Crippen LogP) is 1.26. The molecule has 0 aromatic heterocycles. The van der Waals surface area contributed by atoms with E-state index in [-0.39, 0.29) is 0 Å². The largest absolute Gasteiger partial charge is 0.399 e. The van der Waals surface area contributed by atoms with Gasteiger partial charge in [-0.15, -0.1) is 0 Å². The summed E-state index contributed by atoms with van der Waals surface area (Å²) in [6.45, 7) is 1.62. The molecule has 1 aromatic carbocycles. The molecule has 0 amide bonds. The number of nitrogens with two attached hydrogens (primary N) is 1. The first-order chi connectivity index (χ1) is 6.22. The maximum Gasteiger partial charge on any atom is 0.165 e. The zero-order valence-corrected chi connectivity index (χ0v) is 7.32. The minimum atomic E-state index is 0.391. The molecule has 68 valence electrons. The summed E-state index contributed by atoms with van der Waals surface area (Å²) in [4.78, 5) is 10.2. The average Bonchev–Trinajstić information content (AvgIpc) is 2.14. The van der Waals surface area contributed by atoms with Gasteiger partial charge in [0.1, 0.15) is 0 Å². The van der Waals surface area contributed by atoms with Gasteiger partial charge in [0.05, 0.1) is 11.4 Å². The van der Waals surface area contributed by atoms with Crippen molar-refractivity contribution in [2.24, 2.45) is 5.10 Å². The second kappa shape index (κ2) is 4.25. The van der Waals surface area contributed by atoms with Gasteiger partial charge in [0.25, 0.3) is 0 Å². The molecule has 0 saturated heterocycles. The van der Waals surface area contributed by atoms with Crippen LogP contribution in [0, 0.1) is 0 Å². The number of benzene rings is 1. The quantitative estimate of drug-likeness (QED) is 0.316. The molecule has 0 bridgehead atoms. The van der Waals surface area contributed by atoms with Crippen LogP contribution >= 0.6 is 0 Å². The molecule has 0 radical (unpaired) electrons. The van der Waals surface area contributed by atoms with E-state index in [1.165, 1.54) is 0 Å². The molecule has 4 heteroatoms. The van der Waals surface area contributed by atoms with Crippen molar-refractivity contribution in [2.45, 2.75) is 6.92 Å². The summed E-state index contributed by atoms with van der Waals surface area (Å²) < 4.78 is 0. The Balaban J connectivity index is 2.70. The number of nitrogens with one attached hydrogen (secondary N) is 1. The highest BCUT2D eigenvalue weighted by atomic mass is 16.1. The van der Waals surface area contributed by atoms with E-state index in [4.69, 9.17) is 5.73 Å². The number of hydrogen-bond acceptors (Lipinski definition) is 4. The first-order valence-electron chi connectivity index (χ1n) is 3.83. The zero-order chi connectivity index (χ0) is 9.68. The molecule has 0 aliphatic heterocycles. The van der Waals surface area contributed by atoms with E-state index in [1.807, 2.05) is 12.1 Å². The number of hydrogen-bond donors (Lipinski definition) is 2. The fraction of sp³-hybridized carbons (Fsp3) is 0.111. The predicted molar refractivity (Wildman–Crippen MR) is 53.7 cm³/mol. The van der Waals surface area contributed by atoms with Crippen LogP contribution in [0.25, 0.3) is 0 Å². The van der Waals surface area contributed by atoms with Crippen molar-refractivity contribution >= 4 is 23.4 Å². The summed E-state index contributed by atoms with van der Waals surface area (Å²) in [7, 11) is 0. The molecule has 0 aliphatic carbocycles. The van der Waals surface area contributed by atoms with Crippen LogP contribution in [0.3, 0.4) is 0 Å². The van der Waals surface area contributed by atoms with Crippen molar-refractivity contribution in [3.05, 3.63) is 24.3 Å². The normalized spacial score (nSPS) is 11.0. The van der Waals surface area contributed by atoms with E-state index in [9.17, 15) is 4.79 Å². The SMILES string of the molecule is C/C(C=O)=N\Nc1cccc(N)c1. The molecule has 1 rings (SSSR count). The van der Waals surface area contributed by atoms with E-state index in [0.717, 1.165) is 5.69 Å². The number of hydrazone groups is 1. The van der Waals surface area contributed by atoms with Crippen LogP contribution in [-0.2, 0) is 4.79 Å². The second-order valence-corrected chi connectivity index (χ2v) is 2.61. The van der Waals surface area contributed by atoms with Crippen molar-refractivity contribution in [2.75, 3.05) is 11.2 Å². The summed E-state index contributed by atoms with van der Waals surface area (Å²) in [6, 6.07) is 7.14. The number of nitrogen functional groups attached to an aromatic ring is 1. The second-order valence-electron chi connectivity index (χ2n) is 2.61. The molecule has 0 aliphatic rings. The van der Waals surface area contributed by atoms with Gasteiger partial charge in [0, 0.05) is 5.69 Å². The minimum absolute atomic E-state index is 0.391. The first kappa shape index (κ1) is 9.25. The average molecular weight is 177 g/mol. The van der Waals surface area contributed by atoms with Crippen molar-refractivity contribution in [3.8, 4) is 0 Å². The summed E-state index contributed by atoms with van der Waals surface area (Å²) in [5.74, 6) is 0. The summed E-state index contributed by atoms with van der Waals surface area (Å²) in [5.41, 5.74) is 10.1. The Kier molecular flexibility index (Phi) is 3.03. The Morgan fingerprint density at radius 3 is 3.00 bits per heavy atom. The smallest absolute Gasteiger partial charge is 0.165 e. The van der Waals surface area contributed by atoms with Crippen LogP contribution in [0.2, 0.25) is 0 Å². The molecule has 1 aromatic rings. The molecule has 0 saturated carbocycles. The molecule has 0 atom stereocenters. The lowest BCUT2D eigenvalue weighted by atomic mass is 10.3. The maximum absolute atomic E-state index is 10.2. The number of carbonyl (C=O) groups excluding carboxylic acids is 1. The van der Waals surface area contributed by atoms with E-state index >= 15 is 0 Å². The van der Waals surface area contributed by atoms with E-state index < -0.39 is 0 Å². The highest BCUT2D eigenvalue weighted by Crippen LogP contribution is 2.11. The molecular weight excluding hydrogens is 166 g/mol. The van der Waals surface area contributed by atoms with Crippen LogP contribution in [-0.4, -0.2) is 12.0 Å². The number of rotatable bonds is 3. The van der Waals surface area contributed by atoms with E-state index in [0.29, 0.717) is 17.7 Å². The lowest BCUT2D eigenvalue weighted by molar-refractivity contribution is -0.102. The fourth-order valence-electron chi connectivity index (χ4n) is 0.787. The van der Waals surface area contributed by atoms with Crippen LogP contribution in [0.5, 0.6) is 0 Å². The lowest BCUT2D eigenvalue weighted by Gasteiger charge is -2.00. The number of anilines is 2. The highest BCUT2D eigenvalue weighted by molar-refractivity contribution is 6.27. The Labute approximate surface area is 76.4 Å². The van der Waals surface area contributed by atoms with Gasteiger partial charge in [0.15, 0.2) is 6.29 Å². The van der Waals surface area contributed by atoms with Crippen LogP contribution in [0.4, 0.5) is 11.4 Å². The maximum atomic E-state index is 10.2. The van der Waals surface area contributed by atoms with Gasteiger partial charge in [0.2, 0.25) is 0 Å². The molecule has 0 unspecified atom stereocenters. The Morgan fingerprint density at radius 1 is 1.62 bits per heavy atom. The van der Waals surface area contributed by atoms with Crippen molar-refractivity contribution in [1.29, 1.82) is 0 Å². The number of carbonyl (C=O) groups is 1. The molecule has 0 fully saturated rings.